The van der Waals surface area contributed by atoms with Crippen LogP contribution in [0.3, 0.4) is 0 Å². The standard InChI is InChI=1S/C21H29N5O2/c27-19-5-3-4-17-15-12-16(14-24(13-15)11-6-18-22-7-8-23-18)20(26(17)19)21(28)25-9-1-2-10-25/h1-2,7-8,15-17,20H,3-6,9-14H2,(H,22,23)/t15-,16+,17+,20-/m1/s1. The summed E-state index contributed by atoms with van der Waals surface area (Å²) in [6.07, 6.45) is 12.3. The van der Waals surface area contributed by atoms with E-state index in [4.69, 9.17) is 0 Å². The fourth-order valence-electron chi connectivity index (χ4n) is 5.80. The number of nitrogens with one attached hydrogen (secondary N) is 1. The number of hydrogen-bond acceptors (Lipinski definition) is 4. The molecule has 5 heterocycles. The molecule has 150 valence electrons. The molecule has 4 aliphatic rings. The fraction of sp³-hybridized carbons (Fsp3) is 0.667. The molecular formula is C21H29N5O2. The number of hydrogen-bond donors (Lipinski definition) is 1. The lowest BCUT2D eigenvalue weighted by Gasteiger charge is -2.56. The van der Waals surface area contributed by atoms with Gasteiger partial charge in [0.05, 0.1) is 0 Å². The van der Waals surface area contributed by atoms with Gasteiger partial charge in [-0.15, -0.1) is 0 Å². The summed E-state index contributed by atoms with van der Waals surface area (Å²) in [6.45, 7) is 4.23. The van der Waals surface area contributed by atoms with Crippen LogP contribution in [0.1, 0.15) is 31.5 Å². The number of likely N-dealkylation sites (tertiary alicyclic amines) is 1. The summed E-state index contributed by atoms with van der Waals surface area (Å²) >= 11 is 0. The van der Waals surface area contributed by atoms with E-state index in [0.717, 1.165) is 51.1 Å². The van der Waals surface area contributed by atoms with Crippen molar-refractivity contribution in [2.45, 2.75) is 44.2 Å². The molecule has 0 radical (unpaired) electrons. The van der Waals surface area contributed by atoms with Gasteiger partial charge in [-0.3, -0.25) is 9.59 Å². The summed E-state index contributed by atoms with van der Waals surface area (Å²) in [6, 6.07) is -0.0474. The Hall–Kier alpha value is -2.15. The van der Waals surface area contributed by atoms with Gasteiger partial charge < -0.3 is 19.7 Å². The second-order valence-corrected chi connectivity index (χ2v) is 8.72. The smallest absolute Gasteiger partial charge is 0.246 e. The van der Waals surface area contributed by atoms with Crippen LogP contribution in [0.5, 0.6) is 0 Å². The predicted molar refractivity (Wildman–Crippen MR) is 104 cm³/mol. The minimum atomic E-state index is -0.277. The number of imidazole rings is 1. The Kier molecular flexibility index (Phi) is 4.70. The number of rotatable bonds is 4. The zero-order valence-electron chi connectivity index (χ0n) is 16.3. The summed E-state index contributed by atoms with van der Waals surface area (Å²) in [5.74, 6) is 2.09. The highest BCUT2D eigenvalue weighted by atomic mass is 16.2. The maximum atomic E-state index is 13.4. The molecule has 1 N–H and O–H groups in total. The number of amides is 2. The third kappa shape index (κ3) is 3.15. The monoisotopic (exact) mass is 383 g/mol. The van der Waals surface area contributed by atoms with Gasteiger partial charge in [-0.25, -0.2) is 4.98 Å². The van der Waals surface area contributed by atoms with Crippen LogP contribution in [0.25, 0.3) is 0 Å². The van der Waals surface area contributed by atoms with Crippen LogP contribution >= 0.6 is 0 Å². The summed E-state index contributed by atoms with van der Waals surface area (Å²) in [5.41, 5.74) is 0. The number of carbonyl (C=O) groups is 2. The van der Waals surface area contributed by atoms with Gasteiger partial charge in [-0.1, -0.05) is 12.2 Å². The maximum absolute atomic E-state index is 13.4. The predicted octanol–water partition coefficient (Wildman–Crippen LogP) is 1.05. The first kappa shape index (κ1) is 17.9. The van der Waals surface area contributed by atoms with Gasteiger partial charge in [0.2, 0.25) is 11.8 Å². The Morgan fingerprint density at radius 3 is 2.82 bits per heavy atom. The first-order valence-corrected chi connectivity index (χ1v) is 10.7. The highest BCUT2D eigenvalue weighted by Gasteiger charge is 2.52. The van der Waals surface area contributed by atoms with Gasteiger partial charge in [0, 0.05) is 69.9 Å². The summed E-state index contributed by atoms with van der Waals surface area (Å²) in [7, 11) is 0. The molecular weight excluding hydrogens is 354 g/mol. The van der Waals surface area contributed by atoms with Crippen molar-refractivity contribution in [2.75, 3.05) is 32.7 Å². The number of aromatic nitrogens is 2. The van der Waals surface area contributed by atoms with E-state index in [-0.39, 0.29) is 29.8 Å². The van der Waals surface area contributed by atoms with Crippen molar-refractivity contribution in [1.82, 2.24) is 24.7 Å². The molecule has 0 saturated carbocycles. The molecule has 0 spiro atoms. The topological polar surface area (TPSA) is 72.5 Å². The largest absolute Gasteiger partial charge is 0.349 e. The van der Waals surface area contributed by atoms with Gasteiger partial charge in [0.15, 0.2) is 0 Å². The molecule has 2 bridgehead atoms. The van der Waals surface area contributed by atoms with Crippen molar-refractivity contribution < 1.29 is 9.59 Å². The van der Waals surface area contributed by atoms with Crippen LogP contribution in [0, 0.1) is 11.8 Å². The third-order valence-corrected chi connectivity index (χ3v) is 7.02. The fourth-order valence-corrected chi connectivity index (χ4v) is 5.80. The average Bonchev–Trinajstić information content (AvgIpc) is 3.41. The minimum Gasteiger partial charge on any atom is -0.349 e. The van der Waals surface area contributed by atoms with Crippen molar-refractivity contribution in [2.24, 2.45) is 11.8 Å². The van der Waals surface area contributed by atoms with E-state index in [0.29, 0.717) is 25.4 Å². The molecule has 4 atom stereocenters. The van der Waals surface area contributed by atoms with E-state index in [2.05, 4.69) is 27.0 Å². The molecule has 28 heavy (non-hydrogen) atoms. The Morgan fingerprint density at radius 2 is 2.04 bits per heavy atom. The van der Waals surface area contributed by atoms with E-state index in [1.54, 1.807) is 6.20 Å². The molecule has 0 unspecified atom stereocenters. The van der Waals surface area contributed by atoms with Crippen LogP contribution in [0.2, 0.25) is 0 Å². The Balaban J connectivity index is 1.37. The van der Waals surface area contributed by atoms with Gasteiger partial charge in [-0.05, 0) is 25.2 Å². The summed E-state index contributed by atoms with van der Waals surface area (Å²) < 4.78 is 0. The van der Waals surface area contributed by atoms with Crippen LogP contribution in [0.15, 0.2) is 24.5 Å². The van der Waals surface area contributed by atoms with Gasteiger partial charge in [-0.2, -0.15) is 0 Å². The Morgan fingerprint density at radius 1 is 1.21 bits per heavy atom. The number of H-pyrrole nitrogens is 1. The lowest BCUT2D eigenvalue weighted by atomic mass is 9.71. The molecule has 0 aliphatic carbocycles. The van der Waals surface area contributed by atoms with Crippen LogP contribution in [-0.2, 0) is 16.0 Å². The summed E-state index contributed by atoms with van der Waals surface area (Å²) in [5, 5.41) is 0. The molecule has 7 heteroatoms. The van der Waals surface area contributed by atoms with Crippen LogP contribution in [0.4, 0.5) is 0 Å². The highest BCUT2D eigenvalue weighted by molar-refractivity contribution is 5.89. The Bertz CT molecular complexity index is 753. The zero-order valence-corrected chi connectivity index (χ0v) is 16.3. The molecule has 7 nitrogen and oxygen atoms in total. The summed E-state index contributed by atoms with van der Waals surface area (Å²) in [4.78, 5) is 40.2. The molecule has 2 amide bonds. The van der Waals surface area contributed by atoms with Crippen molar-refractivity contribution in [3.8, 4) is 0 Å². The quantitative estimate of drug-likeness (QED) is 0.789. The van der Waals surface area contributed by atoms with Crippen LogP contribution in [-0.4, -0.2) is 81.3 Å². The van der Waals surface area contributed by atoms with Crippen molar-refractivity contribution in [1.29, 1.82) is 0 Å². The average molecular weight is 383 g/mol. The highest BCUT2D eigenvalue weighted by Crippen LogP contribution is 2.42. The number of piperidine rings is 3. The van der Waals surface area contributed by atoms with E-state index in [1.807, 2.05) is 16.0 Å². The lowest BCUT2D eigenvalue weighted by molar-refractivity contribution is -0.164. The lowest BCUT2D eigenvalue weighted by Crippen LogP contribution is -2.68. The number of fused-ring (bicyclic) bond motifs is 4. The number of carbonyl (C=O) groups excluding carboxylic acids is 2. The van der Waals surface area contributed by atoms with Crippen molar-refractivity contribution in [3.05, 3.63) is 30.4 Å². The van der Waals surface area contributed by atoms with Crippen molar-refractivity contribution >= 4 is 11.8 Å². The van der Waals surface area contributed by atoms with Gasteiger partial charge in [0.1, 0.15) is 11.9 Å². The van der Waals surface area contributed by atoms with Crippen LogP contribution < -0.4 is 0 Å². The molecule has 0 aromatic carbocycles. The number of aromatic amines is 1. The van der Waals surface area contributed by atoms with E-state index in [1.165, 1.54) is 0 Å². The van der Waals surface area contributed by atoms with Gasteiger partial charge in [0.25, 0.3) is 0 Å². The third-order valence-electron chi connectivity index (χ3n) is 7.02. The first-order valence-electron chi connectivity index (χ1n) is 10.7. The molecule has 1 aromatic heterocycles. The van der Waals surface area contributed by atoms with E-state index >= 15 is 0 Å². The molecule has 5 rings (SSSR count). The van der Waals surface area contributed by atoms with Gasteiger partial charge >= 0.3 is 0 Å². The Labute approximate surface area is 165 Å². The number of nitrogens with zero attached hydrogens (tertiary/aromatic N) is 4. The van der Waals surface area contributed by atoms with Crippen molar-refractivity contribution in [3.63, 3.8) is 0 Å². The molecule has 3 saturated heterocycles. The zero-order chi connectivity index (χ0) is 19.1. The minimum absolute atomic E-state index is 0.154. The normalized spacial score (nSPS) is 32.6. The SMILES string of the molecule is O=C([C@H]1[C@H]2C[C@H](CN(CCc3ncc[nH]3)C2)[C@@H]2CCCC(=O)N21)N1CC=CC1. The second kappa shape index (κ2) is 7.35. The molecule has 1 aromatic rings. The first-order chi connectivity index (χ1) is 13.7. The van der Waals surface area contributed by atoms with E-state index < -0.39 is 0 Å². The molecule has 4 aliphatic heterocycles. The molecule has 3 fully saturated rings. The maximum Gasteiger partial charge on any atom is 0.246 e. The second-order valence-electron chi connectivity index (χ2n) is 8.72. The van der Waals surface area contributed by atoms with E-state index in [9.17, 15) is 9.59 Å².